The summed E-state index contributed by atoms with van der Waals surface area (Å²) in [5, 5.41) is 10.3. The highest BCUT2D eigenvalue weighted by molar-refractivity contribution is 5.38. The molecule has 0 radical (unpaired) electrons. The van der Waals surface area contributed by atoms with Crippen LogP contribution >= 0.6 is 0 Å². The van der Waals surface area contributed by atoms with Crippen LogP contribution < -0.4 is 0 Å². The second-order valence-electron chi connectivity index (χ2n) is 7.04. The Kier molecular flexibility index (Phi) is 2.60. The normalized spacial score (nSPS) is 37.8. The van der Waals surface area contributed by atoms with Gasteiger partial charge in [-0.25, -0.2) is 0 Å². The molecule has 18 heavy (non-hydrogen) atoms. The van der Waals surface area contributed by atoms with Crippen LogP contribution in [0.5, 0.6) is 0 Å². The molecule has 0 aliphatic heterocycles. The van der Waals surface area contributed by atoms with Crippen LogP contribution in [-0.2, 0) is 11.8 Å². The maximum atomic E-state index is 10.3. The van der Waals surface area contributed by atoms with E-state index in [9.17, 15) is 5.11 Å². The molecule has 0 spiro atoms. The largest absolute Gasteiger partial charge is 0.393 e. The molecule has 0 saturated heterocycles. The zero-order chi connectivity index (χ0) is 13.0. The second-order valence-corrected chi connectivity index (χ2v) is 7.04. The number of aryl methyl sites for hydroxylation is 1. The number of hydrogen-bond donors (Lipinski definition) is 1. The lowest BCUT2D eigenvalue weighted by molar-refractivity contribution is -0.0730. The number of rotatable bonds is 0. The predicted molar refractivity (Wildman–Crippen MR) is 74.6 cm³/mol. The smallest absolute Gasteiger partial charge is 0.0594 e. The lowest BCUT2D eigenvalue weighted by Crippen LogP contribution is -2.53. The lowest BCUT2D eigenvalue weighted by atomic mass is 9.49. The van der Waals surface area contributed by atoms with Crippen LogP contribution in [0.4, 0.5) is 0 Å². The highest BCUT2D eigenvalue weighted by atomic mass is 16.3. The molecule has 0 aromatic heterocycles. The molecule has 1 nitrogen and oxygen atoms in total. The second kappa shape index (κ2) is 3.84. The minimum atomic E-state index is -0.138. The van der Waals surface area contributed by atoms with E-state index < -0.39 is 0 Å². The van der Waals surface area contributed by atoms with Crippen molar-refractivity contribution in [2.75, 3.05) is 0 Å². The SMILES string of the molecule is CC1(C)[C@H]2CCc3ccccc3[C@]2(C)CC[C@@H]1O. The van der Waals surface area contributed by atoms with E-state index in [1.807, 2.05) is 0 Å². The molecule has 1 saturated carbocycles. The third kappa shape index (κ3) is 1.50. The summed E-state index contributed by atoms with van der Waals surface area (Å²) in [5.41, 5.74) is 3.38. The van der Waals surface area contributed by atoms with Crippen molar-refractivity contribution < 1.29 is 5.11 Å². The first-order valence-electron chi connectivity index (χ1n) is 7.23. The van der Waals surface area contributed by atoms with E-state index in [2.05, 4.69) is 45.0 Å². The quantitative estimate of drug-likeness (QED) is 0.738. The first-order chi connectivity index (χ1) is 8.46. The van der Waals surface area contributed by atoms with Gasteiger partial charge in [0.05, 0.1) is 6.10 Å². The molecule has 0 heterocycles. The maximum absolute atomic E-state index is 10.3. The number of hydrogen-bond acceptors (Lipinski definition) is 1. The predicted octanol–water partition coefficient (Wildman–Crippen LogP) is 3.69. The average Bonchev–Trinajstić information content (AvgIpc) is 2.35. The summed E-state index contributed by atoms with van der Waals surface area (Å²) in [5.74, 6) is 0.601. The van der Waals surface area contributed by atoms with Gasteiger partial charge in [0, 0.05) is 0 Å². The summed E-state index contributed by atoms with van der Waals surface area (Å²) >= 11 is 0. The first-order valence-corrected chi connectivity index (χ1v) is 7.23. The van der Waals surface area contributed by atoms with Crippen molar-refractivity contribution in [3.63, 3.8) is 0 Å². The third-order valence-corrected chi connectivity index (χ3v) is 5.80. The van der Waals surface area contributed by atoms with Gasteiger partial charge in [0.1, 0.15) is 0 Å². The van der Waals surface area contributed by atoms with E-state index in [1.54, 1.807) is 5.56 Å². The van der Waals surface area contributed by atoms with Gasteiger partial charge in [-0.3, -0.25) is 0 Å². The fourth-order valence-electron chi connectivity index (χ4n) is 4.64. The van der Waals surface area contributed by atoms with E-state index >= 15 is 0 Å². The summed E-state index contributed by atoms with van der Waals surface area (Å²) in [6, 6.07) is 8.93. The van der Waals surface area contributed by atoms with Crippen molar-refractivity contribution in [2.45, 2.75) is 58.0 Å². The maximum Gasteiger partial charge on any atom is 0.0594 e. The summed E-state index contributed by atoms with van der Waals surface area (Å²) in [7, 11) is 0. The lowest BCUT2D eigenvalue weighted by Gasteiger charge is -2.56. The van der Waals surface area contributed by atoms with E-state index in [-0.39, 0.29) is 16.9 Å². The van der Waals surface area contributed by atoms with Crippen LogP contribution in [0.2, 0.25) is 0 Å². The minimum absolute atomic E-state index is 0.0422. The zero-order valence-corrected chi connectivity index (χ0v) is 11.7. The highest BCUT2D eigenvalue weighted by Crippen LogP contribution is 2.56. The molecule has 1 aromatic carbocycles. The van der Waals surface area contributed by atoms with Crippen LogP contribution in [0.15, 0.2) is 24.3 Å². The van der Waals surface area contributed by atoms with Gasteiger partial charge in [0.25, 0.3) is 0 Å². The van der Waals surface area contributed by atoms with Crippen molar-refractivity contribution in [3.05, 3.63) is 35.4 Å². The summed E-state index contributed by atoms with van der Waals surface area (Å²) in [6.45, 7) is 6.94. The van der Waals surface area contributed by atoms with Crippen molar-refractivity contribution >= 4 is 0 Å². The van der Waals surface area contributed by atoms with Crippen LogP contribution in [-0.4, -0.2) is 11.2 Å². The fourth-order valence-corrected chi connectivity index (χ4v) is 4.64. The van der Waals surface area contributed by atoms with Crippen LogP contribution in [0, 0.1) is 11.3 Å². The Bertz CT molecular complexity index is 462. The van der Waals surface area contributed by atoms with E-state index in [1.165, 1.54) is 18.4 Å². The van der Waals surface area contributed by atoms with E-state index in [0.717, 1.165) is 12.8 Å². The van der Waals surface area contributed by atoms with E-state index in [0.29, 0.717) is 5.92 Å². The minimum Gasteiger partial charge on any atom is -0.393 e. The molecule has 3 rings (SSSR count). The number of aliphatic hydroxyl groups is 1. The number of aliphatic hydroxyl groups excluding tert-OH is 1. The van der Waals surface area contributed by atoms with Gasteiger partial charge >= 0.3 is 0 Å². The van der Waals surface area contributed by atoms with Gasteiger partial charge in [-0.2, -0.15) is 0 Å². The standard InChI is InChI=1S/C17H24O/c1-16(2)14-9-8-12-6-4-5-7-13(12)17(14,3)11-10-15(16)18/h4-7,14-15,18H,8-11H2,1-3H3/t14-,15+,17+/m1/s1. The van der Waals surface area contributed by atoms with Crippen molar-refractivity contribution in [1.82, 2.24) is 0 Å². The molecule has 2 aliphatic carbocycles. The molecule has 1 N–H and O–H groups in total. The Morgan fingerprint density at radius 1 is 1.11 bits per heavy atom. The molecule has 2 aliphatic rings. The summed E-state index contributed by atoms with van der Waals surface area (Å²) in [6.07, 6.45) is 4.32. The molecule has 0 amide bonds. The number of benzene rings is 1. The Labute approximate surface area is 110 Å². The molecule has 1 heteroatoms. The van der Waals surface area contributed by atoms with Crippen molar-refractivity contribution in [2.24, 2.45) is 11.3 Å². The van der Waals surface area contributed by atoms with Crippen molar-refractivity contribution in [1.29, 1.82) is 0 Å². The van der Waals surface area contributed by atoms with Gasteiger partial charge in [-0.15, -0.1) is 0 Å². The molecule has 0 unspecified atom stereocenters. The summed E-state index contributed by atoms with van der Waals surface area (Å²) in [4.78, 5) is 0. The Balaban J connectivity index is 2.10. The molecule has 98 valence electrons. The van der Waals surface area contributed by atoms with Gasteiger partial charge in [-0.1, -0.05) is 45.0 Å². The van der Waals surface area contributed by atoms with E-state index in [4.69, 9.17) is 0 Å². The van der Waals surface area contributed by atoms with Gasteiger partial charge in [0.2, 0.25) is 0 Å². The van der Waals surface area contributed by atoms with Gasteiger partial charge < -0.3 is 5.11 Å². The number of fused-ring (bicyclic) bond motifs is 3. The third-order valence-electron chi connectivity index (χ3n) is 5.80. The van der Waals surface area contributed by atoms with Crippen LogP contribution in [0.1, 0.15) is 51.2 Å². The van der Waals surface area contributed by atoms with Crippen LogP contribution in [0.3, 0.4) is 0 Å². The van der Waals surface area contributed by atoms with Crippen molar-refractivity contribution in [3.8, 4) is 0 Å². The van der Waals surface area contributed by atoms with Gasteiger partial charge in [-0.05, 0) is 53.6 Å². The van der Waals surface area contributed by atoms with Crippen LogP contribution in [0.25, 0.3) is 0 Å². The fraction of sp³-hybridized carbons (Fsp3) is 0.647. The Morgan fingerprint density at radius 3 is 2.61 bits per heavy atom. The zero-order valence-electron chi connectivity index (χ0n) is 11.7. The first kappa shape index (κ1) is 12.2. The molecular weight excluding hydrogens is 220 g/mol. The molecule has 1 aromatic rings. The molecule has 3 atom stereocenters. The van der Waals surface area contributed by atoms with Gasteiger partial charge in [0.15, 0.2) is 0 Å². The Morgan fingerprint density at radius 2 is 1.83 bits per heavy atom. The topological polar surface area (TPSA) is 20.2 Å². The Hall–Kier alpha value is -0.820. The highest BCUT2D eigenvalue weighted by Gasteiger charge is 2.53. The molecule has 1 fully saturated rings. The molecular formula is C17H24O. The average molecular weight is 244 g/mol. The monoisotopic (exact) mass is 244 g/mol. The molecule has 0 bridgehead atoms. The summed E-state index contributed by atoms with van der Waals surface area (Å²) < 4.78 is 0.